The van der Waals surface area contributed by atoms with Gasteiger partial charge in [0.2, 0.25) is 5.91 Å². The number of nitrogens with one attached hydrogen (secondary N) is 2. The van der Waals surface area contributed by atoms with Crippen LogP contribution in [-0.4, -0.2) is 28.8 Å². The van der Waals surface area contributed by atoms with Gasteiger partial charge in [-0.3, -0.25) is 10.1 Å². The van der Waals surface area contributed by atoms with Crippen molar-refractivity contribution in [3.05, 3.63) is 29.8 Å². The van der Waals surface area contributed by atoms with Crippen LogP contribution in [0.2, 0.25) is 0 Å². The van der Waals surface area contributed by atoms with E-state index in [-0.39, 0.29) is 11.9 Å². The smallest absolute Gasteiger partial charge is 0.240 e. The van der Waals surface area contributed by atoms with Gasteiger partial charge in [-0.05, 0) is 38.0 Å². The van der Waals surface area contributed by atoms with Gasteiger partial charge < -0.3 is 16.2 Å². The third kappa shape index (κ3) is 2.63. The Hall–Kier alpha value is -1.59. The zero-order valence-corrected chi connectivity index (χ0v) is 10.6. The van der Waals surface area contributed by atoms with E-state index in [9.17, 15) is 9.90 Å². The van der Waals surface area contributed by atoms with Crippen molar-refractivity contribution in [1.82, 2.24) is 10.6 Å². The Morgan fingerprint density at radius 1 is 1.33 bits per heavy atom. The Morgan fingerprint density at radius 3 is 2.56 bits per heavy atom. The Bertz CT molecular complexity index is 442. The molecular weight excluding hydrogens is 230 g/mol. The second kappa shape index (κ2) is 4.59. The first-order valence-corrected chi connectivity index (χ1v) is 5.99. The number of carbonyl (C=O) groups is 1. The summed E-state index contributed by atoms with van der Waals surface area (Å²) in [4.78, 5) is 11.8. The van der Waals surface area contributed by atoms with Crippen molar-refractivity contribution in [2.45, 2.75) is 38.1 Å². The van der Waals surface area contributed by atoms with E-state index in [0.29, 0.717) is 12.1 Å². The molecule has 5 nitrogen and oxygen atoms in total. The Balaban J connectivity index is 2.06. The van der Waals surface area contributed by atoms with Crippen molar-refractivity contribution in [2.75, 3.05) is 5.73 Å². The molecule has 0 aliphatic carbocycles. The zero-order chi connectivity index (χ0) is 13.3. The highest BCUT2D eigenvalue weighted by molar-refractivity contribution is 5.86. The number of aliphatic hydroxyl groups is 1. The molecule has 0 bridgehead atoms. The number of nitrogens with two attached hydrogens (primary N) is 1. The van der Waals surface area contributed by atoms with E-state index >= 15 is 0 Å². The van der Waals surface area contributed by atoms with Crippen molar-refractivity contribution in [1.29, 1.82) is 0 Å². The minimum absolute atomic E-state index is 0.103. The Labute approximate surface area is 106 Å². The number of piperazine rings is 1. The van der Waals surface area contributed by atoms with E-state index in [1.165, 1.54) is 0 Å². The molecular formula is C13H19N3O2. The van der Waals surface area contributed by atoms with Gasteiger partial charge in [0.15, 0.2) is 0 Å². The second-order valence-electron chi connectivity index (χ2n) is 5.24. The molecule has 1 saturated heterocycles. The van der Waals surface area contributed by atoms with Crippen molar-refractivity contribution in [3.63, 3.8) is 0 Å². The van der Waals surface area contributed by atoms with Crippen LogP contribution in [0.5, 0.6) is 0 Å². The quantitative estimate of drug-likeness (QED) is 0.555. The summed E-state index contributed by atoms with van der Waals surface area (Å²) in [6.45, 7) is 3.48. The summed E-state index contributed by atoms with van der Waals surface area (Å²) in [6, 6.07) is 7.09. The minimum atomic E-state index is -0.754. The Morgan fingerprint density at radius 2 is 1.94 bits per heavy atom. The lowest BCUT2D eigenvalue weighted by Gasteiger charge is -2.39. The molecule has 2 atom stereocenters. The highest BCUT2D eigenvalue weighted by atomic mass is 16.3. The molecule has 5 heteroatoms. The molecule has 0 saturated carbocycles. The van der Waals surface area contributed by atoms with Gasteiger partial charge in [0, 0.05) is 5.69 Å². The van der Waals surface area contributed by atoms with Crippen molar-refractivity contribution < 1.29 is 9.90 Å². The van der Waals surface area contributed by atoms with E-state index in [4.69, 9.17) is 5.73 Å². The largest absolute Gasteiger partial charge is 0.399 e. The zero-order valence-electron chi connectivity index (χ0n) is 10.6. The van der Waals surface area contributed by atoms with Crippen molar-refractivity contribution >= 4 is 11.6 Å². The van der Waals surface area contributed by atoms with E-state index < -0.39 is 11.8 Å². The number of hydrogen-bond donors (Lipinski definition) is 4. The third-order valence-corrected chi connectivity index (χ3v) is 3.21. The van der Waals surface area contributed by atoms with Crippen LogP contribution in [-0.2, 0) is 11.2 Å². The second-order valence-corrected chi connectivity index (χ2v) is 5.24. The number of anilines is 1. The van der Waals surface area contributed by atoms with Crippen LogP contribution in [0.1, 0.15) is 19.4 Å². The predicted octanol–water partition coefficient (Wildman–Crippen LogP) is -0.00370. The number of amides is 1. The summed E-state index contributed by atoms with van der Waals surface area (Å²) in [7, 11) is 0. The maximum Gasteiger partial charge on any atom is 0.240 e. The molecule has 1 aliphatic heterocycles. The van der Waals surface area contributed by atoms with Gasteiger partial charge in [-0.15, -0.1) is 0 Å². The van der Waals surface area contributed by atoms with Gasteiger partial charge >= 0.3 is 0 Å². The molecule has 1 fully saturated rings. The summed E-state index contributed by atoms with van der Waals surface area (Å²) in [5.74, 6) is -0.103. The van der Waals surface area contributed by atoms with Crippen LogP contribution in [0.15, 0.2) is 24.3 Å². The van der Waals surface area contributed by atoms with Crippen LogP contribution < -0.4 is 16.4 Å². The maximum atomic E-state index is 11.8. The molecule has 18 heavy (non-hydrogen) atoms. The standard InChI is InChI=1S/C13H19N3O2/c1-13(2)12(18)15-10(11(17)16-13)7-8-3-5-9(14)6-4-8/h3-6,10-11,16-17H,7,14H2,1-2H3,(H,15,18). The maximum absolute atomic E-state index is 11.8. The predicted molar refractivity (Wildman–Crippen MR) is 69.7 cm³/mol. The van der Waals surface area contributed by atoms with Crippen LogP contribution in [0.4, 0.5) is 5.69 Å². The first-order valence-electron chi connectivity index (χ1n) is 5.99. The number of rotatable bonds is 2. The minimum Gasteiger partial charge on any atom is -0.399 e. The van der Waals surface area contributed by atoms with Crippen molar-refractivity contribution in [3.8, 4) is 0 Å². The number of benzene rings is 1. The summed E-state index contributed by atoms with van der Waals surface area (Å²) >= 11 is 0. The van der Waals surface area contributed by atoms with Crippen LogP contribution in [0.25, 0.3) is 0 Å². The molecule has 1 aromatic rings. The van der Waals surface area contributed by atoms with Crippen molar-refractivity contribution in [2.24, 2.45) is 0 Å². The summed E-state index contributed by atoms with van der Waals surface area (Å²) in [5.41, 5.74) is 6.60. The van der Waals surface area contributed by atoms with Crippen LogP contribution in [0, 0.1) is 0 Å². The number of hydrogen-bond acceptors (Lipinski definition) is 4. The molecule has 1 aromatic carbocycles. The van der Waals surface area contributed by atoms with Gasteiger partial charge in [-0.2, -0.15) is 0 Å². The van der Waals surface area contributed by atoms with E-state index in [0.717, 1.165) is 5.56 Å². The van der Waals surface area contributed by atoms with E-state index in [2.05, 4.69) is 10.6 Å². The van der Waals surface area contributed by atoms with Gasteiger partial charge in [0.05, 0.1) is 11.6 Å². The van der Waals surface area contributed by atoms with Crippen LogP contribution in [0.3, 0.4) is 0 Å². The third-order valence-electron chi connectivity index (χ3n) is 3.21. The average Bonchev–Trinajstić information content (AvgIpc) is 2.28. The topological polar surface area (TPSA) is 87.4 Å². The fourth-order valence-electron chi connectivity index (χ4n) is 2.03. The summed E-state index contributed by atoms with van der Waals surface area (Å²) in [5, 5.41) is 15.7. The first-order chi connectivity index (χ1) is 8.38. The average molecular weight is 249 g/mol. The molecule has 0 radical (unpaired) electrons. The Kier molecular flexibility index (Phi) is 3.28. The summed E-state index contributed by atoms with van der Waals surface area (Å²) in [6.07, 6.45) is -0.189. The molecule has 2 rings (SSSR count). The number of nitrogen functional groups attached to an aromatic ring is 1. The SMILES string of the molecule is CC1(C)NC(O)C(Cc2ccc(N)cc2)NC1=O. The molecule has 2 unspecified atom stereocenters. The molecule has 5 N–H and O–H groups in total. The molecule has 0 aromatic heterocycles. The fraction of sp³-hybridized carbons (Fsp3) is 0.462. The van der Waals surface area contributed by atoms with Gasteiger partial charge in [-0.1, -0.05) is 12.1 Å². The monoisotopic (exact) mass is 249 g/mol. The summed E-state index contributed by atoms with van der Waals surface area (Å²) < 4.78 is 0. The molecule has 98 valence electrons. The normalized spacial score (nSPS) is 26.7. The highest BCUT2D eigenvalue weighted by Gasteiger charge is 2.39. The first kappa shape index (κ1) is 12.9. The fourth-order valence-corrected chi connectivity index (χ4v) is 2.03. The van der Waals surface area contributed by atoms with E-state index in [1.807, 2.05) is 24.3 Å². The molecule has 0 spiro atoms. The van der Waals surface area contributed by atoms with Gasteiger partial charge in [-0.25, -0.2) is 0 Å². The molecule has 1 aliphatic rings. The number of carbonyl (C=O) groups excluding carboxylic acids is 1. The van der Waals surface area contributed by atoms with Crippen LogP contribution >= 0.6 is 0 Å². The number of aliphatic hydroxyl groups excluding tert-OH is 1. The van der Waals surface area contributed by atoms with Gasteiger partial charge in [0.25, 0.3) is 0 Å². The lowest BCUT2D eigenvalue weighted by atomic mass is 9.95. The highest BCUT2D eigenvalue weighted by Crippen LogP contribution is 2.15. The lowest BCUT2D eigenvalue weighted by Crippen LogP contribution is -2.69. The van der Waals surface area contributed by atoms with E-state index in [1.54, 1.807) is 13.8 Å². The van der Waals surface area contributed by atoms with Gasteiger partial charge in [0.1, 0.15) is 6.23 Å². The lowest BCUT2D eigenvalue weighted by molar-refractivity contribution is -0.134. The molecule has 1 amide bonds. The molecule has 1 heterocycles.